The third-order valence-corrected chi connectivity index (χ3v) is 7.16. The number of hydrogen-bond acceptors (Lipinski definition) is 5. The minimum Gasteiger partial charge on any atom is -0.481 e. The summed E-state index contributed by atoms with van der Waals surface area (Å²) in [6.45, 7) is 0.620. The van der Waals surface area contributed by atoms with E-state index in [-0.39, 0.29) is 24.3 Å². The van der Waals surface area contributed by atoms with Crippen molar-refractivity contribution in [2.75, 3.05) is 13.1 Å². The molecule has 1 saturated heterocycles. The summed E-state index contributed by atoms with van der Waals surface area (Å²) in [6.07, 6.45) is 11.0. The number of carbonyl (C=O) groups is 3. The Morgan fingerprint density at radius 1 is 1.12 bits per heavy atom. The molecule has 2 aliphatic carbocycles. The van der Waals surface area contributed by atoms with Crippen LogP contribution in [-0.4, -0.2) is 61.9 Å². The molecule has 1 aliphatic heterocycles. The van der Waals surface area contributed by atoms with Crippen LogP contribution in [0.25, 0.3) is 11.2 Å². The standard InChI is InChI=1S/C23H29N5O4/c29-21(16-10-24-20-19(16)26-17(11-25-20)13-6-7-13)27-18(14-4-2-1-3-5-14)22(30)28-9-8-15(12-28)23(31)32/h10-11,13-15,18H,1-9,12H2,(H,24,25)(H,27,29)(H,31,32)/t15?,18-/m1/s1. The highest BCUT2D eigenvalue weighted by Gasteiger charge is 2.38. The van der Waals surface area contributed by atoms with Crippen LogP contribution < -0.4 is 5.32 Å². The fraction of sp³-hybridized carbons (Fsp3) is 0.609. The summed E-state index contributed by atoms with van der Waals surface area (Å²) in [5.41, 5.74) is 2.40. The van der Waals surface area contributed by atoms with Crippen molar-refractivity contribution in [2.24, 2.45) is 11.8 Å². The van der Waals surface area contributed by atoms with Gasteiger partial charge in [-0.15, -0.1) is 0 Å². The second-order valence-corrected chi connectivity index (χ2v) is 9.43. The van der Waals surface area contributed by atoms with Crippen LogP contribution in [0.1, 0.15) is 73.3 Å². The largest absolute Gasteiger partial charge is 0.481 e. The minimum atomic E-state index is -0.873. The summed E-state index contributed by atoms with van der Waals surface area (Å²) in [5.74, 6) is -1.43. The van der Waals surface area contributed by atoms with E-state index in [1.54, 1.807) is 17.3 Å². The second kappa shape index (κ2) is 8.52. The molecule has 2 aromatic heterocycles. The number of H-pyrrole nitrogens is 1. The number of rotatable bonds is 6. The van der Waals surface area contributed by atoms with Gasteiger partial charge in [-0.3, -0.25) is 14.4 Å². The highest BCUT2D eigenvalue weighted by atomic mass is 16.4. The van der Waals surface area contributed by atoms with E-state index < -0.39 is 17.9 Å². The van der Waals surface area contributed by atoms with E-state index in [9.17, 15) is 19.5 Å². The monoisotopic (exact) mass is 439 g/mol. The molecule has 3 N–H and O–H groups in total. The minimum absolute atomic E-state index is 0.0578. The van der Waals surface area contributed by atoms with Gasteiger partial charge in [0.2, 0.25) is 5.91 Å². The number of carboxylic acid groups (broad SMARTS) is 1. The number of hydrogen-bond donors (Lipinski definition) is 3. The van der Waals surface area contributed by atoms with E-state index >= 15 is 0 Å². The SMILES string of the molecule is O=C(N[C@@H](C(=O)N1CCC(C(=O)O)C1)C1CCCCC1)c1c[nH]c2ncc(C3CC3)nc12. The first-order valence-corrected chi connectivity index (χ1v) is 11.7. The average Bonchev–Trinajstić information content (AvgIpc) is 3.37. The van der Waals surface area contributed by atoms with Gasteiger partial charge in [0.25, 0.3) is 5.91 Å². The van der Waals surface area contributed by atoms with Crippen LogP contribution in [0.4, 0.5) is 0 Å². The van der Waals surface area contributed by atoms with Crippen LogP contribution in [-0.2, 0) is 9.59 Å². The number of carbonyl (C=O) groups excluding carboxylic acids is 2. The predicted molar refractivity (Wildman–Crippen MR) is 116 cm³/mol. The number of fused-ring (bicyclic) bond motifs is 1. The molecule has 0 radical (unpaired) electrons. The fourth-order valence-corrected chi connectivity index (χ4v) is 5.08. The van der Waals surface area contributed by atoms with Gasteiger partial charge in [-0.1, -0.05) is 19.3 Å². The fourth-order valence-electron chi connectivity index (χ4n) is 5.08. The lowest BCUT2D eigenvalue weighted by Gasteiger charge is -2.32. The molecule has 5 rings (SSSR count). The third kappa shape index (κ3) is 4.08. The topological polar surface area (TPSA) is 128 Å². The van der Waals surface area contributed by atoms with Crippen LogP contribution in [0.2, 0.25) is 0 Å². The van der Waals surface area contributed by atoms with Crippen molar-refractivity contribution < 1.29 is 19.5 Å². The normalized spacial score (nSPS) is 22.8. The molecule has 2 aromatic rings. The lowest BCUT2D eigenvalue weighted by atomic mass is 9.83. The van der Waals surface area contributed by atoms with Crippen LogP contribution in [0.15, 0.2) is 12.4 Å². The molecule has 3 aliphatic rings. The average molecular weight is 440 g/mol. The zero-order valence-electron chi connectivity index (χ0n) is 18.0. The van der Waals surface area contributed by atoms with Crippen LogP contribution in [0.5, 0.6) is 0 Å². The molecule has 170 valence electrons. The third-order valence-electron chi connectivity index (χ3n) is 7.16. The number of carboxylic acids is 1. The second-order valence-electron chi connectivity index (χ2n) is 9.43. The number of amides is 2. The Morgan fingerprint density at radius 3 is 2.59 bits per heavy atom. The van der Waals surface area contributed by atoms with E-state index in [4.69, 9.17) is 0 Å². The quantitative estimate of drug-likeness (QED) is 0.634. The summed E-state index contributed by atoms with van der Waals surface area (Å²) in [5, 5.41) is 12.3. The van der Waals surface area contributed by atoms with Gasteiger partial charge < -0.3 is 20.3 Å². The molecule has 1 unspecified atom stereocenters. The Morgan fingerprint density at radius 2 is 1.91 bits per heavy atom. The van der Waals surface area contributed by atoms with Gasteiger partial charge in [0.05, 0.1) is 23.4 Å². The summed E-state index contributed by atoms with van der Waals surface area (Å²) >= 11 is 0. The van der Waals surface area contributed by atoms with Gasteiger partial charge in [-0.2, -0.15) is 0 Å². The van der Waals surface area contributed by atoms with E-state index in [1.165, 1.54) is 0 Å². The van der Waals surface area contributed by atoms with Gasteiger partial charge in [0, 0.05) is 25.2 Å². The van der Waals surface area contributed by atoms with E-state index in [1.807, 2.05) is 0 Å². The molecule has 3 fully saturated rings. The van der Waals surface area contributed by atoms with Crippen LogP contribution >= 0.6 is 0 Å². The molecule has 0 bridgehead atoms. The Balaban J connectivity index is 1.38. The Kier molecular flexibility index (Phi) is 5.57. The predicted octanol–water partition coefficient (Wildman–Crippen LogP) is 2.45. The smallest absolute Gasteiger partial charge is 0.308 e. The van der Waals surface area contributed by atoms with Gasteiger partial charge in [0.1, 0.15) is 11.6 Å². The molecular weight excluding hydrogens is 410 g/mol. The lowest BCUT2D eigenvalue weighted by Crippen LogP contribution is -2.52. The van der Waals surface area contributed by atoms with E-state index in [0.29, 0.717) is 35.6 Å². The highest BCUT2D eigenvalue weighted by molar-refractivity contribution is 6.06. The van der Waals surface area contributed by atoms with Gasteiger partial charge in [-0.05, 0) is 38.0 Å². The first-order chi connectivity index (χ1) is 15.5. The molecule has 3 heterocycles. The first kappa shape index (κ1) is 20.9. The van der Waals surface area contributed by atoms with Crippen molar-refractivity contribution >= 4 is 28.9 Å². The number of aromatic nitrogens is 3. The van der Waals surface area contributed by atoms with Crippen molar-refractivity contribution in [1.82, 2.24) is 25.2 Å². The van der Waals surface area contributed by atoms with Crippen LogP contribution in [0.3, 0.4) is 0 Å². The van der Waals surface area contributed by atoms with Crippen molar-refractivity contribution in [3.05, 3.63) is 23.7 Å². The molecule has 9 nitrogen and oxygen atoms in total. The van der Waals surface area contributed by atoms with Gasteiger partial charge in [-0.25, -0.2) is 9.97 Å². The highest BCUT2D eigenvalue weighted by Crippen LogP contribution is 2.39. The Labute approximate surface area is 186 Å². The zero-order chi connectivity index (χ0) is 22.2. The van der Waals surface area contributed by atoms with Crippen molar-refractivity contribution in [1.29, 1.82) is 0 Å². The molecule has 0 aromatic carbocycles. The Hall–Kier alpha value is -2.97. The Bertz CT molecular complexity index is 1040. The van der Waals surface area contributed by atoms with Crippen molar-refractivity contribution in [2.45, 2.75) is 63.3 Å². The summed E-state index contributed by atoms with van der Waals surface area (Å²) in [6, 6.07) is -0.653. The van der Waals surface area contributed by atoms with Gasteiger partial charge in [0.15, 0.2) is 5.65 Å². The number of aromatic amines is 1. The van der Waals surface area contributed by atoms with Crippen molar-refractivity contribution in [3.63, 3.8) is 0 Å². The summed E-state index contributed by atoms with van der Waals surface area (Å²) in [4.78, 5) is 51.8. The maximum atomic E-state index is 13.4. The van der Waals surface area contributed by atoms with Crippen molar-refractivity contribution in [3.8, 4) is 0 Å². The molecular formula is C23H29N5O4. The maximum Gasteiger partial charge on any atom is 0.308 e. The first-order valence-electron chi connectivity index (χ1n) is 11.7. The number of nitrogens with zero attached hydrogens (tertiary/aromatic N) is 3. The molecule has 0 spiro atoms. The number of likely N-dealkylation sites (tertiary alicyclic amines) is 1. The molecule has 2 amide bonds. The lowest BCUT2D eigenvalue weighted by molar-refractivity contribution is -0.141. The summed E-state index contributed by atoms with van der Waals surface area (Å²) in [7, 11) is 0. The van der Waals surface area contributed by atoms with Crippen LogP contribution in [0, 0.1) is 11.8 Å². The van der Waals surface area contributed by atoms with Gasteiger partial charge >= 0.3 is 5.97 Å². The molecule has 32 heavy (non-hydrogen) atoms. The molecule has 2 saturated carbocycles. The van der Waals surface area contributed by atoms with E-state index in [0.717, 1.165) is 50.6 Å². The molecule has 9 heteroatoms. The number of nitrogens with one attached hydrogen (secondary N) is 2. The zero-order valence-corrected chi connectivity index (χ0v) is 18.0. The number of aliphatic carboxylic acids is 1. The molecule has 2 atom stereocenters. The summed E-state index contributed by atoms with van der Waals surface area (Å²) < 4.78 is 0. The maximum absolute atomic E-state index is 13.4. The van der Waals surface area contributed by atoms with E-state index in [2.05, 4.69) is 20.3 Å².